The summed E-state index contributed by atoms with van der Waals surface area (Å²) in [5.74, 6) is -1.68. The van der Waals surface area contributed by atoms with Gasteiger partial charge in [0.2, 0.25) is 0 Å². The molecule has 0 aliphatic carbocycles. The van der Waals surface area contributed by atoms with Gasteiger partial charge in [0.1, 0.15) is 6.04 Å². The lowest BCUT2D eigenvalue weighted by Gasteiger charge is -2.26. The third kappa shape index (κ3) is 4.69. The maximum Gasteiger partial charge on any atom is 0.310 e. The Kier molecular flexibility index (Phi) is 7.00. The van der Waals surface area contributed by atoms with Crippen LogP contribution in [0.5, 0.6) is 0 Å². The van der Waals surface area contributed by atoms with Gasteiger partial charge in [-0.15, -0.1) is 0 Å². The Hall–Kier alpha value is -2.45. The van der Waals surface area contributed by atoms with E-state index < -0.39 is 17.9 Å². The Labute approximate surface area is 165 Å². The largest absolute Gasteiger partial charge is 0.379 e. The van der Waals surface area contributed by atoms with E-state index in [1.165, 1.54) is 0 Å². The summed E-state index contributed by atoms with van der Waals surface area (Å²) in [5, 5.41) is 5.23. The van der Waals surface area contributed by atoms with Crippen LogP contribution in [-0.2, 0) is 19.1 Å². The van der Waals surface area contributed by atoms with Crippen LogP contribution >= 0.6 is 0 Å². The highest BCUT2D eigenvalue weighted by molar-refractivity contribution is 6.35. The number of benzene rings is 1. The molecule has 152 valence electrons. The zero-order chi connectivity index (χ0) is 19.9. The fourth-order valence-electron chi connectivity index (χ4n) is 3.59. The second-order valence-electron chi connectivity index (χ2n) is 7.02. The summed E-state index contributed by atoms with van der Waals surface area (Å²) >= 11 is 0. The zero-order valence-electron chi connectivity index (χ0n) is 16.3. The minimum absolute atomic E-state index is 0.198. The van der Waals surface area contributed by atoms with Crippen molar-refractivity contribution >= 4 is 23.4 Å². The van der Waals surface area contributed by atoms with E-state index in [0.29, 0.717) is 13.1 Å². The van der Waals surface area contributed by atoms with Crippen molar-refractivity contribution < 1.29 is 19.1 Å². The van der Waals surface area contributed by atoms with Crippen molar-refractivity contribution in [3.05, 3.63) is 29.8 Å². The number of para-hydroxylation sites is 1. The van der Waals surface area contributed by atoms with Crippen molar-refractivity contribution in [1.82, 2.24) is 15.5 Å². The van der Waals surface area contributed by atoms with Crippen molar-refractivity contribution in [3.63, 3.8) is 0 Å². The van der Waals surface area contributed by atoms with Crippen LogP contribution in [0.2, 0.25) is 0 Å². The fraction of sp³-hybridized carbons (Fsp3) is 0.550. The van der Waals surface area contributed by atoms with E-state index in [-0.39, 0.29) is 5.91 Å². The number of hydrogen-bond acceptors (Lipinski definition) is 5. The molecule has 2 aliphatic heterocycles. The molecular formula is C20H28N4O4. The number of hydrogen-bond donors (Lipinski definition) is 2. The van der Waals surface area contributed by atoms with Crippen molar-refractivity contribution in [2.75, 3.05) is 50.8 Å². The van der Waals surface area contributed by atoms with Gasteiger partial charge in [0, 0.05) is 37.4 Å². The lowest BCUT2D eigenvalue weighted by Crippen LogP contribution is -2.45. The lowest BCUT2D eigenvalue weighted by molar-refractivity contribution is -0.140. The first-order chi connectivity index (χ1) is 13.6. The van der Waals surface area contributed by atoms with Crippen molar-refractivity contribution in [1.29, 1.82) is 0 Å². The molecule has 3 amide bonds. The molecule has 2 N–H and O–H groups in total. The van der Waals surface area contributed by atoms with Crippen molar-refractivity contribution in [3.8, 4) is 0 Å². The summed E-state index contributed by atoms with van der Waals surface area (Å²) < 4.78 is 5.30. The first-order valence-corrected chi connectivity index (χ1v) is 9.91. The maximum absolute atomic E-state index is 12.7. The third-order valence-corrected chi connectivity index (χ3v) is 5.02. The summed E-state index contributed by atoms with van der Waals surface area (Å²) in [4.78, 5) is 41.1. The van der Waals surface area contributed by atoms with Crippen molar-refractivity contribution in [2.24, 2.45) is 0 Å². The summed E-state index contributed by atoms with van der Waals surface area (Å²) in [5.41, 5.74) is 1.53. The standard InChI is InChI=1S/C20H28N4O4/c1-2-9-24-16-7-4-3-6-15(16)17(20(24)27)22-19(26)18(25)21-8-5-10-23-11-13-28-14-12-23/h3-4,6-7,17H,2,5,8-14H2,1H3,(H,21,25)(H,22,26). The van der Waals surface area contributed by atoms with Gasteiger partial charge in [-0.2, -0.15) is 0 Å². The van der Waals surface area contributed by atoms with Crippen LogP contribution in [0.25, 0.3) is 0 Å². The fourth-order valence-corrected chi connectivity index (χ4v) is 3.59. The Bertz CT molecular complexity index is 718. The Morgan fingerprint density at radius 2 is 1.89 bits per heavy atom. The lowest BCUT2D eigenvalue weighted by atomic mass is 10.1. The van der Waals surface area contributed by atoms with E-state index in [4.69, 9.17) is 4.74 Å². The minimum Gasteiger partial charge on any atom is -0.379 e. The molecule has 1 saturated heterocycles. The number of nitrogens with one attached hydrogen (secondary N) is 2. The summed E-state index contributed by atoms with van der Waals surface area (Å²) in [6.45, 7) is 7.10. The molecule has 8 heteroatoms. The maximum atomic E-state index is 12.7. The number of morpholine rings is 1. The second kappa shape index (κ2) is 9.66. The van der Waals surface area contributed by atoms with Gasteiger partial charge < -0.3 is 20.3 Å². The molecule has 1 aromatic rings. The van der Waals surface area contributed by atoms with Gasteiger partial charge >= 0.3 is 11.8 Å². The van der Waals surface area contributed by atoms with E-state index in [1.807, 2.05) is 31.2 Å². The molecule has 0 saturated carbocycles. The van der Waals surface area contributed by atoms with Gasteiger partial charge in [-0.05, 0) is 25.5 Å². The number of rotatable bonds is 7. The minimum atomic E-state index is -0.811. The predicted octanol–water partition coefficient (Wildman–Crippen LogP) is 0.439. The van der Waals surface area contributed by atoms with Crippen molar-refractivity contribution in [2.45, 2.75) is 25.8 Å². The molecule has 0 radical (unpaired) electrons. The highest BCUT2D eigenvalue weighted by Gasteiger charge is 2.38. The summed E-state index contributed by atoms with van der Waals surface area (Å²) in [7, 11) is 0. The van der Waals surface area contributed by atoms with Crippen LogP contribution in [0.1, 0.15) is 31.4 Å². The molecule has 1 fully saturated rings. The van der Waals surface area contributed by atoms with Crippen LogP contribution in [0.15, 0.2) is 24.3 Å². The zero-order valence-corrected chi connectivity index (χ0v) is 16.3. The van der Waals surface area contributed by atoms with Gasteiger partial charge in [-0.3, -0.25) is 19.3 Å². The van der Waals surface area contributed by atoms with Crippen LogP contribution in [0.4, 0.5) is 5.69 Å². The van der Waals surface area contributed by atoms with E-state index in [0.717, 1.165) is 56.9 Å². The molecular weight excluding hydrogens is 360 g/mol. The number of carbonyl (C=O) groups is 3. The number of carbonyl (C=O) groups excluding carboxylic acids is 3. The molecule has 28 heavy (non-hydrogen) atoms. The van der Waals surface area contributed by atoms with Gasteiger partial charge in [0.05, 0.1) is 13.2 Å². The quantitative estimate of drug-likeness (QED) is 0.523. The molecule has 0 aromatic heterocycles. The molecule has 2 aliphatic rings. The molecule has 1 unspecified atom stereocenters. The Morgan fingerprint density at radius 3 is 2.64 bits per heavy atom. The first kappa shape index (κ1) is 20.3. The number of nitrogens with zero attached hydrogens (tertiary/aromatic N) is 2. The number of fused-ring (bicyclic) bond motifs is 1. The number of ether oxygens (including phenoxy) is 1. The molecule has 8 nitrogen and oxygen atoms in total. The molecule has 2 heterocycles. The Balaban J connectivity index is 1.49. The SMILES string of the molecule is CCCN1C(=O)C(NC(=O)C(=O)NCCCN2CCOCC2)c2ccccc21. The van der Waals surface area contributed by atoms with Gasteiger partial charge in [0.25, 0.3) is 5.91 Å². The average molecular weight is 388 g/mol. The number of anilines is 1. The van der Waals surface area contributed by atoms with E-state index in [1.54, 1.807) is 4.90 Å². The smallest absolute Gasteiger partial charge is 0.310 e. The monoisotopic (exact) mass is 388 g/mol. The van der Waals surface area contributed by atoms with Crippen LogP contribution in [-0.4, -0.2) is 68.6 Å². The summed E-state index contributed by atoms with van der Waals surface area (Å²) in [6, 6.07) is 6.55. The number of amides is 3. The predicted molar refractivity (Wildman–Crippen MR) is 105 cm³/mol. The topological polar surface area (TPSA) is 91.0 Å². The normalized spacial score (nSPS) is 19.4. The Morgan fingerprint density at radius 1 is 1.14 bits per heavy atom. The molecule has 1 atom stereocenters. The summed E-state index contributed by atoms with van der Waals surface area (Å²) in [6.07, 6.45) is 1.57. The first-order valence-electron chi connectivity index (χ1n) is 9.91. The third-order valence-electron chi connectivity index (χ3n) is 5.02. The molecule has 0 bridgehead atoms. The van der Waals surface area contributed by atoms with Crippen LogP contribution < -0.4 is 15.5 Å². The van der Waals surface area contributed by atoms with Crippen LogP contribution in [0, 0.1) is 0 Å². The van der Waals surface area contributed by atoms with Gasteiger partial charge in [-0.25, -0.2) is 0 Å². The average Bonchev–Trinajstić information content (AvgIpc) is 2.98. The van der Waals surface area contributed by atoms with E-state index in [2.05, 4.69) is 15.5 Å². The van der Waals surface area contributed by atoms with E-state index in [9.17, 15) is 14.4 Å². The van der Waals surface area contributed by atoms with Gasteiger partial charge in [-0.1, -0.05) is 25.1 Å². The highest BCUT2D eigenvalue weighted by atomic mass is 16.5. The van der Waals surface area contributed by atoms with E-state index >= 15 is 0 Å². The van der Waals surface area contributed by atoms with Crippen LogP contribution in [0.3, 0.4) is 0 Å². The van der Waals surface area contributed by atoms with Gasteiger partial charge in [0.15, 0.2) is 0 Å². The second-order valence-corrected chi connectivity index (χ2v) is 7.02. The highest BCUT2D eigenvalue weighted by Crippen LogP contribution is 2.35. The molecule has 1 aromatic carbocycles. The molecule has 0 spiro atoms. The molecule has 3 rings (SSSR count).